The van der Waals surface area contributed by atoms with Crippen molar-refractivity contribution in [2.24, 2.45) is 0 Å². The van der Waals surface area contributed by atoms with Crippen LogP contribution in [-0.4, -0.2) is 38.5 Å². The Bertz CT molecular complexity index is 1670. The molecule has 1 aliphatic rings. The third-order valence-electron chi connectivity index (χ3n) is 6.02. The Morgan fingerprint density at radius 3 is 2.62 bits per heavy atom. The zero-order chi connectivity index (χ0) is 27.7. The van der Waals surface area contributed by atoms with Gasteiger partial charge in [0.1, 0.15) is 12.3 Å². The van der Waals surface area contributed by atoms with Gasteiger partial charge < -0.3 is 10.1 Å². The van der Waals surface area contributed by atoms with Crippen molar-refractivity contribution in [1.82, 2.24) is 14.9 Å². The number of carbonyl (C=O) groups is 3. The van der Waals surface area contributed by atoms with Crippen molar-refractivity contribution in [1.29, 1.82) is 0 Å². The predicted molar refractivity (Wildman–Crippen MR) is 148 cm³/mol. The summed E-state index contributed by atoms with van der Waals surface area (Å²) in [5.74, 6) is -2.16. The summed E-state index contributed by atoms with van der Waals surface area (Å²) in [6.45, 7) is 3.27. The normalized spacial score (nSPS) is 14.4. The largest absolute Gasteiger partial charge is 0.436 e. The molecule has 2 heterocycles. The van der Waals surface area contributed by atoms with Crippen LogP contribution < -0.4 is 10.1 Å². The molecule has 3 amide bonds. The number of amides is 3. The molecule has 0 aliphatic carbocycles. The number of fused-ring (bicyclic) bond motifs is 1. The summed E-state index contributed by atoms with van der Waals surface area (Å²) in [5, 5.41) is 3.52. The maximum absolute atomic E-state index is 14.3. The van der Waals surface area contributed by atoms with Crippen molar-refractivity contribution in [3.8, 4) is 11.6 Å². The summed E-state index contributed by atoms with van der Waals surface area (Å²) in [4.78, 5) is 47.1. The van der Waals surface area contributed by atoms with Crippen molar-refractivity contribution < 1.29 is 23.5 Å². The van der Waals surface area contributed by atoms with Gasteiger partial charge in [0.2, 0.25) is 17.0 Å². The third kappa shape index (κ3) is 5.47. The molecule has 196 valence electrons. The van der Waals surface area contributed by atoms with Gasteiger partial charge >= 0.3 is 0 Å². The lowest BCUT2D eigenvalue weighted by molar-refractivity contribution is -0.127. The van der Waals surface area contributed by atoms with E-state index in [1.165, 1.54) is 6.08 Å². The van der Waals surface area contributed by atoms with Gasteiger partial charge in [0.15, 0.2) is 0 Å². The molecular formula is C28H20ClFN4O4S. The molecule has 1 N–H and O–H groups in total. The van der Waals surface area contributed by atoms with Crippen molar-refractivity contribution >= 4 is 63.0 Å². The number of benzene rings is 3. The monoisotopic (exact) mass is 562 g/mol. The number of anilines is 1. The topological polar surface area (TPSA) is 101 Å². The molecule has 0 unspecified atom stereocenters. The van der Waals surface area contributed by atoms with E-state index in [-0.39, 0.29) is 15.9 Å². The van der Waals surface area contributed by atoms with E-state index in [1.807, 2.05) is 44.2 Å². The van der Waals surface area contributed by atoms with E-state index in [2.05, 4.69) is 15.3 Å². The molecule has 8 nitrogen and oxygen atoms in total. The highest BCUT2D eigenvalue weighted by atomic mass is 35.5. The van der Waals surface area contributed by atoms with Crippen LogP contribution in [-0.2, 0) is 9.59 Å². The summed E-state index contributed by atoms with van der Waals surface area (Å²) in [5.41, 5.74) is 2.79. The quantitative estimate of drug-likeness (QED) is 0.211. The van der Waals surface area contributed by atoms with Crippen molar-refractivity contribution in [3.05, 3.63) is 93.5 Å². The Balaban J connectivity index is 1.46. The number of para-hydroxylation sites is 1. The molecule has 4 aromatic rings. The fourth-order valence-electron chi connectivity index (χ4n) is 4.12. The van der Waals surface area contributed by atoms with Gasteiger partial charge in [-0.1, -0.05) is 48.5 Å². The van der Waals surface area contributed by atoms with Crippen LogP contribution in [0.4, 0.5) is 14.9 Å². The summed E-state index contributed by atoms with van der Waals surface area (Å²) < 4.78 is 20.1. The van der Waals surface area contributed by atoms with Crippen LogP contribution in [0.3, 0.4) is 0 Å². The van der Waals surface area contributed by atoms with Gasteiger partial charge in [0, 0.05) is 11.3 Å². The van der Waals surface area contributed by atoms with E-state index in [9.17, 15) is 18.8 Å². The van der Waals surface area contributed by atoms with Gasteiger partial charge in [-0.2, -0.15) is 9.37 Å². The molecule has 1 aromatic heterocycles. The van der Waals surface area contributed by atoms with Crippen LogP contribution in [0.5, 0.6) is 11.6 Å². The maximum Gasteiger partial charge on any atom is 0.294 e. The van der Waals surface area contributed by atoms with E-state index in [4.69, 9.17) is 16.3 Å². The number of thioether (sulfide) groups is 1. The second-order valence-corrected chi connectivity index (χ2v) is 10.0. The Labute approximate surface area is 231 Å². The molecule has 1 fully saturated rings. The highest BCUT2D eigenvalue weighted by Crippen LogP contribution is 2.38. The Hall–Kier alpha value is -4.28. The van der Waals surface area contributed by atoms with Crippen LogP contribution >= 0.6 is 23.4 Å². The minimum Gasteiger partial charge on any atom is -0.436 e. The van der Waals surface area contributed by atoms with Gasteiger partial charge in [-0.05, 0) is 71.3 Å². The van der Waals surface area contributed by atoms with Crippen LogP contribution in [0, 0.1) is 19.7 Å². The third-order valence-corrected chi connectivity index (χ3v) is 7.11. The average Bonchev–Trinajstić information content (AvgIpc) is 3.17. The zero-order valence-electron chi connectivity index (χ0n) is 20.7. The van der Waals surface area contributed by atoms with E-state index in [0.717, 1.165) is 27.6 Å². The smallest absolute Gasteiger partial charge is 0.294 e. The first-order valence-electron chi connectivity index (χ1n) is 11.7. The summed E-state index contributed by atoms with van der Waals surface area (Å²) in [7, 11) is 0. The molecule has 0 saturated carbocycles. The molecule has 1 aliphatic heterocycles. The fraction of sp³-hybridized carbons (Fsp3) is 0.107. The number of nitrogens with one attached hydrogen (secondary N) is 1. The van der Waals surface area contributed by atoms with Crippen LogP contribution in [0.1, 0.15) is 16.7 Å². The second kappa shape index (κ2) is 10.8. The van der Waals surface area contributed by atoms with Gasteiger partial charge in [-0.3, -0.25) is 19.3 Å². The lowest BCUT2D eigenvalue weighted by Gasteiger charge is -2.15. The van der Waals surface area contributed by atoms with Crippen LogP contribution in [0.2, 0.25) is 5.28 Å². The number of carbonyl (C=O) groups excluding carboxylic acids is 3. The SMILES string of the molecule is Cc1cccc(C)c1NC(=O)CN1C(=O)S/C(=C/c2c(Oc3nc(Cl)ncc3F)ccc3ccccc23)C1=O. The number of nitrogens with zero attached hydrogens (tertiary/aromatic N) is 3. The number of hydrogen-bond donors (Lipinski definition) is 1. The molecule has 0 spiro atoms. The number of rotatable bonds is 6. The predicted octanol–water partition coefficient (Wildman–Crippen LogP) is 6.51. The number of aryl methyl sites for hydroxylation is 2. The van der Waals surface area contributed by atoms with E-state index in [1.54, 1.807) is 24.3 Å². The number of hydrogen-bond acceptors (Lipinski definition) is 7. The van der Waals surface area contributed by atoms with Crippen molar-refractivity contribution in [2.75, 3.05) is 11.9 Å². The number of aromatic nitrogens is 2. The second-order valence-electron chi connectivity index (χ2n) is 8.68. The summed E-state index contributed by atoms with van der Waals surface area (Å²) in [6, 6.07) is 16.3. The molecule has 1 saturated heterocycles. The first-order valence-corrected chi connectivity index (χ1v) is 12.9. The van der Waals surface area contributed by atoms with Crippen LogP contribution in [0.25, 0.3) is 16.8 Å². The lowest BCUT2D eigenvalue weighted by atomic mass is 10.0. The minimum atomic E-state index is -0.825. The Morgan fingerprint density at radius 1 is 1.10 bits per heavy atom. The molecule has 0 atom stereocenters. The van der Waals surface area contributed by atoms with E-state index >= 15 is 0 Å². The lowest BCUT2D eigenvalue weighted by Crippen LogP contribution is -2.36. The van der Waals surface area contributed by atoms with Gasteiger partial charge in [-0.25, -0.2) is 4.98 Å². The van der Waals surface area contributed by atoms with E-state index in [0.29, 0.717) is 28.4 Å². The fourth-order valence-corrected chi connectivity index (χ4v) is 5.07. The zero-order valence-corrected chi connectivity index (χ0v) is 22.3. The summed E-state index contributed by atoms with van der Waals surface area (Å²) >= 11 is 6.51. The number of ether oxygens (including phenoxy) is 1. The maximum atomic E-state index is 14.3. The first-order chi connectivity index (χ1) is 18.7. The molecule has 3 aromatic carbocycles. The van der Waals surface area contributed by atoms with Gasteiger partial charge in [-0.15, -0.1) is 0 Å². The molecule has 5 rings (SSSR count). The molecular weight excluding hydrogens is 543 g/mol. The number of imide groups is 1. The van der Waals surface area contributed by atoms with Gasteiger partial charge in [0.05, 0.1) is 11.1 Å². The minimum absolute atomic E-state index is 0.0854. The number of halogens is 2. The Kier molecular flexibility index (Phi) is 7.32. The van der Waals surface area contributed by atoms with Crippen LogP contribution in [0.15, 0.2) is 65.7 Å². The van der Waals surface area contributed by atoms with Gasteiger partial charge in [0.25, 0.3) is 17.0 Å². The van der Waals surface area contributed by atoms with Crippen molar-refractivity contribution in [2.45, 2.75) is 13.8 Å². The van der Waals surface area contributed by atoms with Crippen molar-refractivity contribution in [3.63, 3.8) is 0 Å². The van der Waals surface area contributed by atoms with E-state index < -0.39 is 35.3 Å². The molecule has 0 bridgehead atoms. The molecule has 11 heteroatoms. The Morgan fingerprint density at radius 2 is 1.85 bits per heavy atom. The highest BCUT2D eigenvalue weighted by Gasteiger charge is 2.36. The molecule has 0 radical (unpaired) electrons. The summed E-state index contributed by atoms with van der Waals surface area (Å²) in [6.07, 6.45) is 2.38. The first kappa shape index (κ1) is 26.3. The molecule has 39 heavy (non-hydrogen) atoms. The highest BCUT2D eigenvalue weighted by molar-refractivity contribution is 8.18. The standard InChI is InChI=1S/C28H20ClFN4O4S/c1-15-6-5-7-16(2)24(15)32-23(35)14-34-26(36)22(39-28(34)37)12-19-18-9-4-3-8-17(18)10-11-21(19)38-25-20(30)13-31-27(29)33-25/h3-13H,14H2,1-2H3,(H,32,35)/b22-12+. The average molecular weight is 563 g/mol.